The van der Waals surface area contributed by atoms with E-state index in [1.807, 2.05) is 7.05 Å². The van der Waals surface area contributed by atoms with Gasteiger partial charge in [-0.2, -0.15) is 0 Å². The summed E-state index contributed by atoms with van der Waals surface area (Å²) in [7, 11) is 2.04. The second kappa shape index (κ2) is 6.21. The Bertz CT molecular complexity index is 458. The Morgan fingerprint density at radius 3 is 3.00 bits per heavy atom. The van der Waals surface area contributed by atoms with Gasteiger partial charge in [0.05, 0.1) is 0 Å². The summed E-state index contributed by atoms with van der Waals surface area (Å²) < 4.78 is 0. The summed E-state index contributed by atoms with van der Waals surface area (Å²) in [4.78, 5) is 9.65. The summed E-state index contributed by atoms with van der Waals surface area (Å²) in [5.74, 6) is 3.34. The van der Waals surface area contributed by atoms with Gasteiger partial charge < -0.3 is 5.32 Å². The number of nitrogens with one attached hydrogen (secondary N) is 1. The Labute approximate surface area is 122 Å². The lowest BCUT2D eigenvalue weighted by Crippen LogP contribution is -2.26. The number of fused-ring (bicyclic) bond motifs is 1. The normalized spacial score (nSPS) is 30.0. The highest BCUT2D eigenvalue weighted by molar-refractivity contribution is 5.22. The molecule has 110 valence electrons. The van der Waals surface area contributed by atoms with Gasteiger partial charge in [-0.15, -0.1) is 0 Å². The lowest BCUT2D eigenvalue weighted by atomic mass is 9.81. The Morgan fingerprint density at radius 2 is 2.20 bits per heavy atom. The zero-order valence-electron chi connectivity index (χ0n) is 12.9. The van der Waals surface area contributed by atoms with E-state index in [1.54, 1.807) is 0 Å². The Hall–Kier alpha value is -0.960. The molecule has 1 fully saturated rings. The van der Waals surface area contributed by atoms with Crippen molar-refractivity contribution >= 4 is 0 Å². The first-order chi connectivity index (χ1) is 9.76. The molecule has 1 N–H and O–H groups in total. The largest absolute Gasteiger partial charge is 0.319 e. The van der Waals surface area contributed by atoms with Crippen molar-refractivity contribution in [3.05, 3.63) is 23.3 Å². The van der Waals surface area contributed by atoms with Crippen LogP contribution < -0.4 is 5.32 Å². The van der Waals surface area contributed by atoms with Gasteiger partial charge in [0, 0.05) is 17.8 Å². The third-order valence-corrected chi connectivity index (χ3v) is 5.07. The van der Waals surface area contributed by atoms with E-state index >= 15 is 0 Å². The van der Waals surface area contributed by atoms with E-state index in [0.717, 1.165) is 37.0 Å². The molecule has 3 atom stereocenters. The molecule has 20 heavy (non-hydrogen) atoms. The van der Waals surface area contributed by atoms with Crippen molar-refractivity contribution in [2.24, 2.45) is 11.8 Å². The van der Waals surface area contributed by atoms with E-state index in [2.05, 4.69) is 18.4 Å². The van der Waals surface area contributed by atoms with Crippen molar-refractivity contribution in [2.45, 2.75) is 57.8 Å². The van der Waals surface area contributed by atoms with Gasteiger partial charge in [-0.3, -0.25) is 0 Å². The van der Waals surface area contributed by atoms with Crippen molar-refractivity contribution in [1.29, 1.82) is 0 Å². The van der Waals surface area contributed by atoms with Crippen LogP contribution in [0.5, 0.6) is 0 Å². The molecular formula is C17H27N3. The number of aryl methyl sites for hydroxylation is 1. The van der Waals surface area contributed by atoms with Crippen LogP contribution in [0, 0.1) is 11.8 Å². The standard InChI is InChI=1S/C17H27N3/c1-12-4-3-5-14(8-12)17-19-11-15-9-13(10-18-2)6-7-16(15)20-17/h11-14,18H,3-10H2,1-2H3. The summed E-state index contributed by atoms with van der Waals surface area (Å²) in [6.07, 6.45) is 11.0. The van der Waals surface area contributed by atoms with Gasteiger partial charge in [0.15, 0.2) is 0 Å². The van der Waals surface area contributed by atoms with Crippen LogP contribution in [-0.2, 0) is 12.8 Å². The van der Waals surface area contributed by atoms with Gasteiger partial charge in [0.1, 0.15) is 5.82 Å². The zero-order chi connectivity index (χ0) is 13.9. The predicted molar refractivity (Wildman–Crippen MR) is 81.8 cm³/mol. The molecule has 0 aromatic carbocycles. The van der Waals surface area contributed by atoms with E-state index in [4.69, 9.17) is 9.97 Å². The molecule has 3 rings (SSSR count). The molecule has 0 amide bonds. The van der Waals surface area contributed by atoms with Gasteiger partial charge >= 0.3 is 0 Å². The number of hydrogen-bond acceptors (Lipinski definition) is 3. The fourth-order valence-electron chi connectivity index (χ4n) is 3.93. The molecule has 3 nitrogen and oxygen atoms in total. The Morgan fingerprint density at radius 1 is 1.30 bits per heavy atom. The first kappa shape index (κ1) is 14.0. The van der Waals surface area contributed by atoms with Crippen LogP contribution >= 0.6 is 0 Å². The first-order valence-electron chi connectivity index (χ1n) is 8.25. The quantitative estimate of drug-likeness (QED) is 0.919. The summed E-state index contributed by atoms with van der Waals surface area (Å²) in [6, 6.07) is 0. The van der Waals surface area contributed by atoms with Gasteiger partial charge in [-0.1, -0.05) is 19.8 Å². The molecule has 3 heteroatoms. The second-order valence-electron chi connectivity index (χ2n) is 6.84. The summed E-state index contributed by atoms with van der Waals surface area (Å²) in [6.45, 7) is 3.48. The maximum atomic E-state index is 4.93. The number of rotatable bonds is 3. The average Bonchev–Trinajstić information content (AvgIpc) is 2.47. The fourth-order valence-corrected chi connectivity index (χ4v) is 3.93. The molecule has 0 bridgehead atoms. The maximum absolute atomic E-state index is 4.93. The topological polar surface area (TPSA) is 37.8 Å². The number of hydrogen-bond donors (Lipinski definition) is 1. The third kappa shape index (κ3) is 3.03. The highest BCUT2D eigenvalue weighted by atomic mass is 14.9. The molecule has 2 aliphatic rings. The lowest BCUT2D eigenvalue weighted by molar-refractivity contribution is 0.333. The summed E-state index contributed by atoms with van der Waals surface area (Å²) >= 11 is 0. The second-order valence-corrected chi connectivity index (χ2v) is 6.84. The van der Waals surface area contributed by atoms with Crippen LogP contribution in [0.15, 0.2) is 6.20 Å². The van der Waals surface area contributed by atoms with Gasteiger partial charge in [0.2, 0.25) is 0 Å². The molecule has 1 heterocycles. The van der Waals surface area contributed by atoms with E-state index in [-0.39, 0.29) is 0 Å². The van der Waals surface area contributed by atoms with Crippen molar-refractivity contribution in [3.63, 3.8) is 0 Å². The molecule has 3 unspecified atom stereocenters. The Balaban J connectivity index is 1.73. The van der Waals surface area contributed by atoms with Gasteiger partial charge in [-0.25, -0.2) is 9.97 Å². The number of nitrogens with zero attached hydrogens (tertiary/aromatic N) is 2. The monoisotopic (exact) mass is 273 g/mol. The van der Waals surface area contributed by atoms with E-state index in [1.165, 1.54) is 43.4 Å². The van der Waals surface area contributed by atoms with Crippen LogP contribution in [-0.4, -0.2) is 23.6 Å². The van der Waals surface area contributed by atoms with Crippen LogP contribution in [0.25, 0.3) is 0 Å². The van der Waals surface area contributed by atoms with Crippen molar-refractivity contribution in [2.75, 3.05) is 13.6 Å². The molecular weight excluding hydrogens is 246 g/mol. The van der Waals surface area contributed by atoms with E-state index in [0.29, 0.717) is 5.92 Å². The third-order valence-electron chi connectivity index (χ3n) is 5.07. The van der Waals surface area contributed by atoms with Crippen LogP contribution in [0.4, 0.5) is 0 Å². The van der Waals surface area contributed by atoms with Crippen molar-refractivity contribution < 1.29 is 0 Å². The van der Waals surface area contributed by atoms with Crippen LogP contribution in [0.1, 0.15) is 62.0 Å². The van der Waals surface area contributed by atoms with E-state index < -0.39 is 0 Å². The maximum Gasteiger partial charge on any atom is 0.131 e. The highest BCUT2D eigenvalue weighted by Crippen LogP contribution is 2.35. The van der Waals surface area contributed by atoms with Crippen LogP contribution in [0.3, 0.4) is 0 Å². The lowest BCUT2D eigenvalue weighted by Gasteiger charge is -2.28. The predicted octanol–water partition coefficient (Wildman–Crippen LogP) is 3.09. The first-order valence-corrected chi connectivity index (χ1v) is 8.25. The summed E-state index contributed by atoms with van der Waals surface area (Å²) in [5, 5.41) is 3.30. The molecule has 0 radical (unpaired) electrons. The van der Waals surface area contributed by atoms with E-state index in [9.17, 15) is 0 Å². The number of aromatic nitrogens is 2. The van der Waals surface area contributed by atoms with Crippen molar-refractivity contribution in [3.8, 4) is 0 Å². The average molecular weight is 273 g/mol. The minimum Gasteiger partial charge on any atom is -0.319 e. The Kier molecular flexibility index (Phi) is 4.35. The summed E-state index contributed by atoms with van der Waals surface area (Å²) in [5.41, 5.74) is 2.73. The fraction of sp³-hybridized carbons (Fsp3) is 0.765. The van der Waals surface area contributed by atoms with Crippen molar-refractivity contribution in [1.82, 2.24) is 15.3 Å². The molecule has 2 aliphatic carbocycles. The molecule has 1 aromatic rings. The minimum atomic E-state index is 0.610. The SMILES string of the molecule is CNCC1CCc2nc(C3CCCC(C)C3)ncc2C1. The molecule has 0 saturated heterocycles. The molecule has 1 aromatic heterocycles. The highest BCUT2D eigenvalue weighted by Gasteiger charge is 2.25. The van der Waals surface area contributed by atoms with Gasteiger partial charge in [0.25, 0.3) is 0 Å². The molecule has 0 spiro atoms. The zero-order valence-corrected chi connectivity index (χ0v) is 12.9. The molecule has 1 saturated carbocycles. The van der Waals surface area contributed by atoms with Gasteiger partial charge in [-0.05, 0) is 63.1 Å². The molecule has 0 aliphatic heterocycles. The van der Waals surface area contributed by atoms with Crippen LogP contribution in [0.2, 0.25) is 0 Å². The minimum absolute atomic E-state index is 0.610. The smallest absolute Gasteiger partial charge is 0.131 e.